The molecule has 0 aromatic carbocycles. The van der Waals surface area contributed by atoms with Crippen LogP contribution in [0.5, 0.6) is 0 Å². The Morgan fingerprint density at radius 3 is 2.84 bits per heavy atom. The van der Waals surface area contributed by atoms with E-state index in [1.807, 2.05) is 0 Å². The summed E-state index contributed by atoms with van der Waals surface area (Å²) in [4.78, 5) is 17.6. The Balaban J connectivity index is 1.93. The van der Waals surface area contributed by atoms with E-state index in [-0.39, 0.29) is 6.10 Å². The highest BCUT2D eigenvalue weighted by molar-refractivity contribution is 7.99. The highest BCUT2D eigenvalue weighted by Gasteiger charge is 2.12. The normalized spacial score (nSPS) is 13.3. The van der Waals surface area contributed by atoms with Crippen molar-refractivity contribution in [1.82, 2.24) is 24.8 Å². The van der Waals surface area contributed by atoms with Gasteiger partial charge >= 0.3 is 0 Å². The number of rotatable bonds is 7. The lowest BCUT2D eigenvalue weighted by Crippen LogP contribution is -2.33. The average molecular weight is 281 g/mol. The van der Waals surface area contributed by atoms with Gasteiger partial charge in [0.25, 0.3) is 0 Å². The highest BCUT2D eigenvalue weighted by Crippen LogP contribution is 2.22. The van der Waals surface area contributed by atoms with Crippen molar-refractivity contribution < 1.29 is 5.11 Å². The van der Waals surface area contributed by atoms with Crippen molar-refractivity contribution in [3.63, 3.8) is 0 Å². The van der Waals surface area contributed by atoms with E-state index in [0.717, 1.165) is 23.6 Å². The minimum Gasteiger partial charge on any atom is -0.391 e. The summed E-state index contributed by atoms with van der Waals surface area (Å²) < 4.78 is 0. The first-order valence-electron chi connectivity index (χ1n) is 6.41. The summed E-state index contributed by atoms with van der Waals surface area (Å²) in [6.07, 6.45) is 2.75. The van der Waals surface area contributed by atoms with Gasteiger partial charge in [-0.25, -0.2) is 15.0 Å². The zero-order valence-electron chi connectivity index (χ0n) is 11.2. The number of aliphatic hydroxyl groups excluding tert-OH is 1. The molecule has 1 atom stereocenters. The molecule has 7 heteroatoms. The lowest BCUT2D eigenvalue weighted by Gasteiger charge is -2.21. The second-order valence-electron chi connectivity index (χ2n) is 4.23. The summed E-state index contributed by atoms with van der Waals surface area (Å²) in [7, 11) is 0. The van der Waals surface area contributed by atoms with Gasteiger partial charge in [0.05, 0.1) is 12.4 Å². The molecule has 19 heavy (non-hydrogen) atoms. The Kier molecular flexibility index (Phi) is 5.12. The van der Waals surface area contributed by atoms with E-state index < -0.39 is 0 Å². The summed E-state index contributed by atoms with van der Waals surface area (Å²) in [6.45, 7) is 6.80. The van der Waals surface area contributed by atoms with Crippen molar-refractivity contribution >= 4 is 22.9 Å². The van der Waals surface area contributed by atoms with Crippen LogP contribution in [0.15, 0.2) is 17.7 Å². The van der Waals surface area contributed by atoms with Crippen molar-refractivity contribution in [2.45, 2.75) is 25.0 Å². The zero-order chi connectivity index (χ0) is 13.7. The molecule has 2 rings (SSSR count). The van der Waals surface area contributed by atoms with Gasteiger partial charge < -0.3 is 15.0 Å². The second-order valence-corrected chi connectivity index (χ2v) is 5.24. The number of imidazole rings is 1. The van der Waals surface area contributed by atoms with Crippen LogP contribution in [0.25, 0.3) is 11.2 Å². The number of likely N-dealkylation sites (N-methyl/N-ethyl adjacent to an activating group) is 1. The predicted octanol–water partition coefficient (Wildman–Crippen LogP) is 1.15. The molecular weight excluding hydrogens is 262 g/mol. The van der Waals surface area contributed by atoms with E-state index in [2.05, 4.69) is 38.7 Å². The molecule has 0 bridgehead atoms. The summed E-state index contributed by atoms with van der Waals surface area (Å²) in [5.74, 6) is 0.613. The zero-order valence-corrected chi connectivity index (χ0v) is 12.0. The fraction of sp³-hybridized carbons (Fsp3) is 0.583. The van der Waals surface area contributed by atoms with E-state index in [0.29, 0.717) is 17.9 Å². The standard InChI is InChI=1S/C12H19N5OS/c1-3-17(4-2)5-9(18)6-19-12-10-11(14-7-13-10)15-8-16-12/h7-9,18H,3-6H2,1-2H3,(H,13,14,15,16)/t9-/m1/s1. The molecule has 0 aliphatic heterocycles. The first-order chi connectivity index (χ1) is 9.24. The van der Waals surface area contributed by atoms with Gasteiger partial charge in [-0.3, -0.25) is 0 Å². The Morgan fingerprint density at radius 2 is 2.11 bits per heavy atom. The van der Waals surface area contributed by atoms with Crippen LogP contribution >= 0.6 is 11.8 Å². The lowest BCUT2D eigenvalue weighted by molar-refractivity contribution is 0.137. The number of hydrogen-bond donors (Lipinski definition) is 2. The van der Waals surface area contributed by atoms with Crippen LogP contribution in [0.4, 0.5) is 0 Å². The van der Waals surface area contributed by atoms with Crippen molar-refractivity contribution in [2.75, 3.05) is 25.4 Å². The molecule has 0 radical (unpaired) electrons. The monoisotopic (exact) mass is 281 g/mol. The summed E-state index contributed by atoms with van der Waals surface area (Å²) in [5, 5.41) is 10.9. The van der Waals surface area contributed by atoms with Crippen LogP contribution in [-0.4, -0.2) is 61.4 Å². The molecule has 2 heterocycles. The predicted molar refractivity (Wildman–Crippen MR) is 76.2 cm³/mol. The molecule has 2 N–H and O–H groups in total. The molecule has 0 spiro atoms. The summed E-state index contributed by atoms with van der Waals surface area (Å²) in [6, 6.07) is 0. The van der Waals surface area contributed by atoms with Crippen molar-refractivity contribution in [2.24, 2.45) is 0 Å². The molecular formula is C12H19N5OS. The van der Waals surface area contributed by atoms with Crippen molar-refractivity contribution in [3.8, 4) is 0 Å². The van der Waals surface area contributed by atoms with Gasteiger partial charge in [0.2, 0.25) is 0 Å². The third-order valence-electron chi connectivity index (χ3n) is 2.96. The van der Waals surface area contributed by atoms with Crippen LogP contribution in [0, 0.1) is 0 Å². The molecule has 0 aliphatic rings. The third kappa shape index (κ3) is 3.65. The molecule has 0 fully saturated rings. The van der Waals surface area contributed by atoms with Gasteiger partial charge in [-0.05, 0) is 13.1 Å². The Hall–Kier alpha value is -1.18. The number of H-pyrrole nitrogens is 1. The van der Waals surface area contributed by atoms with Crippen molar-refractivity contribution in [3.05, 3.63) is 12.7 Å². The van der Waals surface area contributed by atoms with E-state index in [1.54, 1.807) is 6.33 Å². The highest BCUT2D eigenvalue weighted by atomic mass is 32.2. The Bertz CT molecular complexity index is 514. The van der Waals surface area contributed by atoms with E-state index >= 15 is 0 Å². The van der Waals surface area contributed by atoms with Crippen LogP contribution in [0.1, 0.15) is 13.8 Å². The van der Waals surface area contributed by atoms with E-state index in [1.165, 1.54) is 18.1 Å². The molecule has 0 saturated carbocycles. The number of thioether (sulfide) groups is 1. The molecule has 0 aliphatic carbocycles. The molecule has 6 nitrogen and oxygen atoms in total. The molecule has 0 saturated heterocycles. The van der Waals surface area contributed by atoms with Crippen LogP contribution in [0.2, 0.25) is 0 Å². The van der Waals surface area contributed by atoms with Gasteiger partial charge in [0.1, 0.15) is 16.9 Å². The van der Waals surface area contributed by atoms with Crippen LogP contribution in [-0.2, 0) is 0 Å². The van der Waals surface area contributed by atoms with E-state index in [9.17, 15) is 5.11 Å². The van der Waals surface area contributed by atoms with Crippen molar-refractivity contribution in [1.29, 1.82) is 0 Å². The summed E-state index contributed by atoms with van der Waals surface area (Å²) in [5.41, 5.74) is 1.50. The van der Waals surface area contributed by atoms with Gasteiger partial charge in [-0.15, -0.1) is 11.8 Å². The summed E-state index contributed by atoms with van der Waals surface area (Å²) >= 11 is 1.53. The fourth-order valence-electron chi connectivity index (χ4n) is 1.86. The number of aromatic amines is 1. The maximum atomic E-state index is 10.0. The van der Waals surface area contributed by atoms with Crippen LogP contribution in [0.3, 0.4) is 0 Å². The first-order valence-corrected chi connectivity index (χ1v) is 7.40. The topological polar surface area (TPSA) is 77.9 Å². The average Bonchev–Trinajstić information content (AvgIpc) is 2.91. The minimum atomic E-state index is -0.363. The van der Waals surface area contributed by atoms with Gasteiger partial charge in [-0.2, -0.15) is 0 Å². The SMILES string of the molecule is CCN(CC)C[C@@H](O)CSc1ncnc2nc[nH]c12. The fourth-order valence-corrected chi connectivity index (χ4v) is 2.73. The second kappa shape index (κ2) is 6.83. The largest absolute Gasteiger partial charge is 0.391 e. The first kappa shape index (κ1) is 14.2. The number of nitrogens with zero attached hydrogens (tertiary/aromatic N) is 4. The maximum absolute atomic E-state index is 10.0. The number of nitrogens with one attached hydrogen (secondary N) is 1. The molecule has 0 amide bonds. The van der Waals surface area contributed by atoms with E-state index in [4.69, 9.17) is 0 Å². The van der Waals surface area contributed by atoms with Gasteiger partial charge in [0.15, 0.2) is 5.65 Å². The third-order valence-corrected chi connectivity index (χ3v) is 4.10. The quantitative estimate of drug-likeness (QED) is 0.585. The number of aliphatic hydroxyl groups is 1. The molecule has 2 aromatic heterocycles. The maximum Gasteiger partial charge on any atom is 0.181 e. The van der Waals surface area contributed by atoms with Gasteiger partial charge in [0, 0.05) is 12.3 Å². The van der Waals surface area contributed by atoms with Gasteiger partial charge in [-0.1, -0.05) is 13.8 Å². The number of hydrogen-bond acceptors (Lipinski definition) is 6. The Labute approximate surface area is 116 Å². The molecule has 2 aromatic rings. The molecule has 104 valence electrons. The number of fused-ring (bicyclic) bond motifs is 1. The number of aromatic nitrogens is 4. The minimum absolute atomic E-state index is 0.363. The smallest absolute Gasteiger partial charge is 0.181 e. The molecule has 0 unspecified atom stereocenters. The Morgan fingerprint density at radius 1 is 1.32 bits per heavy atom. The van der Waals surface area contributed by atoms with Crippen LogP contribution < -0.4 is 0 Å². The lowest BCUT2D eigenvalue weighted by atomic mass is 10.3.